The van der Waals surface area contributed by atoms with E-state index < -0.39 is 0 Å². The van der Waals surface area contributed by atoms with Crippen LogP contribution in [-0.4, -0.2) is 30.7 Å². The molecule has 1 rings (SSSR count). The lowest BCUT2D eigenvalue weighted by Gasteiger charge is -2.39. The quantitative estimate of drug-likeness (QED) is 0.665. The lowest BCUT2D eigenvalue weighted by Crippen LogP contribution is -2.45. The molecule has 1 aliphatic heterocycles. The van der Waals surface area contributed by atoms with Gasteiger partial charge in [-0.25, -0.2) is 0 Å². The predicted octanol–water partition coefficient (Wildman–Crippen LogP) is 2.27. The Morgan fingerprint density at radius 2 is 2.31 bits per heavy atom. The number of hydrogen-bond donors (Lipinski definition) is 0. The van der Waals surface area contributed by atoms with Gasteiger partial charge in [0.1, 0.15) is 0 Å². The van der Waals surface area contributed by atoms with E-state index in [9.17, 15) is 0 Å². The molecule has 1 saturated heterocycles. The molecule has 0 aromatic rings. The Morgan fingerprint density at radius 1 is 1.62 bits per heavy atom. The van der Waals surface area contributed by atoms with Gasteiger partial charge in [0.05, 0.1) is 19.3 Å². The van der Waals surface area contributed by atoms with Gasteiger partial charge < -0.3 is 9.64 Å². The van der Waals surface area contributed by atoms with E-state index in [1.165, 1.54) is 5.70 Å². The molecular weight excluding hydrogens is 162 g/mol. The Bertz CT molecular complexity index is 177. The van der Waals surface area contributed by atoms with Crippen LogP contribution >= 0.6 is 0 Å². The van der Waals surface area contributed by atoms with Crippen LogP contribution in [0.1, 0.15) is 27.2 Å². The zero-order valence-corrected chi connectivity index (χ0v) is 9.05. The Balaban J connectivity index is 2.58. The number of rotatable bonds is 3. The van der Waals surface area contributed by atoms with Crippen LogP contribution in [-0.2, 0) is 4.74 Å². The number of nitrogens with zero attached hydrogens (tertiary/aromatic N) is 1. The van der Waals surface area contributed by atoms with Crippen LogP contribution in [0.15, 0.2) is 12.3 Å². The van der Waals surface area contributed by atoms with Crippen molar-refractivity contribution >= 4 is 0 Å². The molecule has 0 bridgehead atoms. The highest BCUT2D eigenvalue weighted by molar-refractivity contribution is 5.00. The second-order valence-corrected chi connectivity index (χ2v) is 3.98. The van der Waals surface area contributed by atoms with Crippen molar-refractivity contribution in [3.63, 3.8) is 0 Å². The standard InChI is InChI=1S/C11H21NO/c1-5-11-8-13-7-6-12(11)10(4)9(2)3/h9,11H,4-8H2,1-3H3/t11-/m1/s1. The van der Waals surface area contributed by atoms with Gasteiger partial charge in [-0.3, -0.25) is 0 Å². The van der Waals surface area contributed by atoms with Crippen LogP contribution in [0.3, 0.4) is 0 Å². The molecule has 1 aliphatic rings. The van der Waals surface area contributed by atoms with Gasteiger partial charge >= 0.3 is 0 Å². The fraction of sp³-hybridized carbons (Fsp3) is 0.818. The molecule has 1 fully saturated rings. The van der Waals surface area contributed by atoms with Crippen LogP contribution in [0.5, 0.6) is 0 Å². The first-order valence-corrected chi connectivity index (χ1v) is 5.20. The van der Waals surface area contributed by atoms with Crippen molar-refractivity contribution in [3.05, 3.63) is 12.3 Å². The van der Waals surface area contributed by atoms with E-state index >= 15 is 0 Å². The predicted molar refractivity (Wildman–Crippen MR) is 55.6 cm³/mol. The van der Waals surface area contributed by atoms with Gasteiger partial charge in [-0.15, -0.1) is 0 Å². The lowest BCUT2D eigenvalue weighted by atomic mass is 10.1. The highest BCUT2D eigenvalue weighted by Gasteiger charge is 2.23. The Labute approximate surface area is 81.6 Å². The average molecular weight is 183 g/mol. The highest BCUT2D eigenvalue weighted by Crippen LogP contribution is 2.20. The third kappa shape index (κ3) is 2.47. The summed E-state index contributed by atoms with van der Waals surface area (Å²) in [5.74, 6) is 0.548. The summed E-state index contributed by atoms with van der Waals surface area (Å²) in [6.07, 6.45) is 1.14. The molecule has 0 unspecified atom stereocenters. The summed E-state index contributed by atoms with van der Waals surface area (Å²) in [6, 6.07) is 0.545. The van der Waals surface area contributed by atoms with E-state index in [2.05, 4.69) is 32.3 Å². The largest absolute Gasteiger partial charge is 0.377 e. The lowest BCUT2D eigenvalue weighted by molar-refractivity contribution is 0.00486. The molecule has 2 heteroatoms. The third-order valence-corrected chi connectivity index (χ3v) is 2.73. The topological polar surface area (TPSA) is 12.5 Å². The van der Waals surface area contributed by atoms with E-state index in [1.807, 2.05) is 0 Å². The minimum Gasteiger partial charge on any atom is -0.377 e. The van der Waals surface area contributed by atoms with E-state index in [0.717, 1.165) is 26.2 Å². The Hall–Kier alpha value is -0.500. The van der Waals surface area contributed by atoms with Crippen molar-refractivity contribution in [1.82, 2.24) is 4.90 Å². The minimum atomic E-state index is 0.545. The SMILES string of the molecule is C=C(C(C)C)N1CCOC[C@H]1CC. The summed E-state index contributed by atoms with van der Waals surface area (Å²) >= 11 is 0. The van der Waals surface area contributed by atoms with Crippen LogP contribution < -0.4 is 0 Å². The third-order valence-electron chi connectivity index (χ3n) is 2.73. The maximum absolute atomic E-state index is 5.45. The van der Waals surface area contributed by atoms with Gasteiger partial charge in [0, 0.05) is 12.2 Å². The second-order valence-electron chi connectivity index (χ2n) is 3.98. The maximum atomic E-state index is 5.45. The van der Waals surface area contributed by atoms with E-state index in [1.54, 1.807) is 0 Å². The molecule has 13 heavy (non-hydrogen) atoms. The smallest absolute Gasteiger partial charge is 0.0670 e. The molecule has 0 aromatic carbocycles. The Morgan fingerprint density at radius 3 is 2.85 bits per heavy atom. The van der Waals surface area contributed by atoms with E-state index in [-0.39, 0.29) is 0 Å². The van der Waals surface area contributed by atoms with Gasteiger partial charge in [0.25, 0.3) is 0 Å². The van der Waals surface area contributed by atoms with Crippen LogP contribution in [0.25, 0.3) is 0 Å². The van der Waals surface area contributed by atoms with Crippen molar-refractivity contribution in [3.8, 4) is 0 Å². The molecule has 0 amide bonds. The van der Waals surface area contributed by atoms with Crippen LogP contribution in [0.4, 0.5) is 0 Å². The van der Waals surface area contributed by atoms with Crippen LogP contribution in [0, 0.1) is 5.92 Å². The van der Waals surface area contributed by atoms with Crippen molar-refractivity contribution < 1.29 is 4.74 Å². The Kier molecular flexibility index (Phi) is 3.79. The zero-order valence-electron chi connectivity index (χ0n) is 9.05. The molecule has 0 radical (unpaired) electrons. The first kappa shape index (κ1) is 10.6. The molecular formula is C11H21NO. The van der Waals surface area contributed by atoms with Gasteiger partial charge in [0.15, 0.2) is 0 Å². The maximum Gasteiger partial charge on any atom is 0.0670 e. The molecule has 2 nitrogen and oxygen atoms in total. The van der Waals surface area contributed by atoms with Gasteiger partial charge in [-0.05, 0) is 12.3 Å². The highest BCUT2D eigenvalue weighted by atomic mass is 16.5. The molecule has 0 spiro atoms. The van der Waals surface area contributed by atoms with Gasteiger partial charge in [-0.2, -0.15) is 0 Å². The summed E-state index contributed by atoms with van der Waals surface area (Å²) in [5, 5.41) is 0. The molecule has 0 aliphatic carbocycles. The summed E-state index contributed by atoms with van der Waals surface area (Å²) in [5.41, 5.74) is 1.26. The first-order valence-electron chi connectivity index (χ1n) is 5.20. The second kappa shape index (κ2) is 4.66. The first-order chi connectivity index (χ1) is 6.16. The molecule has 1 atom stereocenters. The monoisotopic (exact) mass is 183 g/mol. The number of allylic oxidation sites excluding steroid dienone is 1. The normalized spacial score (nSPS) is 23.7. The minimum absolute atomic E-state index is 0.545. The molecule has 76 valence electrons. The van der Waals surface area contributed by atoms with Crippen molar-refractivity contribution in [2.45, 2.75) is 33.2 Å². The average Bonchev–Trinajstić information content (AvgIpc) is 2.16. The van der Waals surface area contributed by atoms with Crippen LogP contribution in [0.2, 0.25) is 0 Å². The fourth-order valence-corrected chi connectivity index (χ4v) is 1.70. The molecule has 0 aromatic heterocycles. The number of hydrogen-bond acceptors (Lipinski definition) is 2. The summed E-state index contributed by atoms with van der Waals surface area (Å²) in [6.45, 7) is 13.5. The van der Waals surface area contributed by atoms with Crippen molar-refractivity contribution in [2.75, 3.05) is 19.8 Å². The summed E-state index contributed by atoms with van der Waals surface area (Å²) < 4.78 is 5.45. The van der Waals surface area contributed by atoms with Crippen molar-refractivity contribution in [2.24, 2.45) is 5.92 Å². The number of morpholine rings is 1. The summed E-state index contributed by atoms with van der Waals surface area (Å²) in [7, 11) is 0. The molecule has 0 saturated carbocycles. The number of ether oxygens (including phenoxy) is 1. The molecule has 0 N–H and O–H groups in total. The molecule has 1 heterocycles. The van der Waals surface area contributed by atoms with E-state index in [4.69, 9.17) is 4.74 Å². The fourth-order valence-electron chi connectivity index (χ4n) is 1.70. The zero-order chi connectivity index (χ0) is 9.84. The van der Waals surface area contributed by atoms with Crippen molar-refractivity contribution in [1.29, 1.82) is 0 Å². The van der Waals surface area contributed by atoms with E-state index in [0.29, 0.717) is 12.0 Å². The summed E-state index contributed by atoms with van der Waals surface area (Å²) in [4.78, 5) is 2.41. The van der Waals surface area contributed by atoms with Gasteiger partial charge in [0.2, 0.25) is 0 Å². The van der Waals surface area contributed by atoms with Gasteiger partial charge in [-0.1, -0.05) is 27.4 Å².